The molecule has 4 heteroatoms. The summed E-state index contributed by atoms with van der Waals surface area (Å²) in [6, 6.07) is 0. The number of carbonyl (C=O) groups excluding carboxylic acids is 2. The van der Waals surface area contributed by atoms with Crippen LogP contribution in [0.2, 0.25) is 0 Å². The maximum Gasteiger partial charge on any atom is 0.222 e. The van der Waals surface area contributed by atoms with E-state index in [4.69, 9.17) is 0 Å². The van der Waals surface area contributed by atoms with Gasteiger partial charge in [-0.25, -0.2) is 0 Å². The zero-order valence-electron chi connectivity index (χ0n) is 20.9. The maximum absolute atomic E-state index is 12.7. The fourth-order valence-electron chi connectivity index (χ4n) is 3.80. The van der Waals surface area contributed by atoms with Crippen LogP contribution in [0, 0.1) is 0 Å². The second-order valence-corrected chi connectivity index (χ2v) is 8.80. The van der Waals surface area contributed by atoms with Gasteiger partial charge in [0.1, 0.15) is 0 Å². The molecule has 0 bridgehead atoms. The molecule has 0 aliphatic heterocycles. The number of amides is 2. The van der Waals surface area contributed by atoms with Gasteiger partial charge in [-0.3, -0.25) is 9.59 Å². The van der Waals surface area contributed by atoms with E-state index in [2.05, 4.69) is 37.5 Å². The molecule has 0 atom stereocenters. The number of rotatable bonds is 21. The smallest absolute Gasteiger partial charge is 0.222 e. The van der Waals surface area contributed by atoms with Gasteiger partial charge in [-0.05, 0) is 38.5 Å². The van der Waals surface area contributed by atoms with Crippen LogP contribution in [0.25, 0.3) is 0 Å². The van der Waals surface area contributed by atoms with Gasteiger partial charge in [0, 0.05) is 39.0 Å². The fourth-order valence-corrected chi connectivity index (χ4v) is 3.80. The lowest BCUT2D eigenvalue weighted by Gasteiger charge is -2.24. The summed E-state index contributed by atoms with van der Waals surface area (Å²) in [7, 11) is 0. The molecule has 0 aliphatic rings. The normalized spacial score (nSPS) is 10.9. The van der Waals surface area contributed by atoms with Crippen LogP contribution < -0.4 is 0 Å². The van der Waals surface area contributed by atoms with Crippen molar-refractivity contribution in [1.82, 2.24) is 9.80 Å². The van der Waals surface area contributed by atoms with Gasteiger partial charge in [-0.15, -0.1) is 0 Å². The fraction of sp³-hybridized carbons (Fsp3) is 0.923. The van der Waals surface area contributed by atoms with E-state index >= 15 is 0 Å². The monoisotopic (exact) mass is 424 g/mol. The zero-order valence-corrected chi connectivity index (χ0v) is 20.9. The Morgan fingerprint density at radius 1 is 0.433 bits per heavy atom. The van der Waals surface area contributed by atoms with Crippen molar-refractivity contribution in [3.63, 3.8) is 0 Å². The Morgan fingerprint density at radius 2 is 0.700 bits per heavy atom. The predicted molar refractivity (Wildman–Crippen MR) is 130 cm³/mol. The van der Waals surface area contributed by atoms with Gasteiger partial charge in [-0.2, -0.15) is 0 Å². The van der Waals surface area contributed by atoms with Crippen molar-refractivity contribution in [2.24, 2.45) is 0 Å². The third-order valence-corrected chi connectivity index (χ3v) is 5.86. The summed E-state index contributed by atoms with van der Waals surface area (Å²) in [6.07, 6.45) is 16.8. The summed E-state index contributed by atoms with van der Waals surface area (Å²) in [5, 5.41) is 0. The highest BCUT2D eigenvalue weighted by molar-refractivity contribution is 5.77. The van der Waals surface area contributed by atoms with Crippen molar-refractivity contribution >= 4 is 11.8 Å². The Kier molecular flexibility index (Phi) is 20.4. The topological polar surface area (TPSA) is 40.6 Å². The largest absolute Gasteiger partial charge is 0.343 e. The van der Waals surface area contributed by atoms with E-state index in [0.29, 0.717) is 12.8 Å². The van der Waals surface area contributed by atoms with Crippen molar-refractivity contribution in [1.29, 1.82) is 0 Å². The minimum absolute atomic E-state index is 0.289. The summed E-state index contributed by atoms with van der Waals surface area (Å²) >= 11 is 0. The van der Waals surface area contributed by atoms with Crippen LogP contribution in [0.1, 0.15) is 130 Å². The molecule has 0 spiro atoms. The van der Waals surface area contributed by atoms with E-state index in [1.165, 1.54) is 51.4 Å². The average molecular weight is 425 g/mol. The number of hydrogen-bond donors (Lipinski definition) is 0. The third-order valence-electron chi connectivity index (χ3n) is 5.86. The Balaban J connectivity index is 4.33. The van der Waals surface area contributed by atoms with Crippen LogP contribution in [-0.2, 0) is 9.59 Å². The third kappa shape index (κ3) is 15.7. The lowest BCUT2D eigenvalue weighted by Crippen LogP contribution is -2.33. The molecular weight excluding hydrogens is 372 g/mol. The SMILES string of the molecule is CCCCCN(CCCCC)C(=O)CCCCC(=O)N(CCCCC)CCCCC. The van der Waals surface area contributed by atoms with Crippen molar-refractivity contribution in [2.75, 3.05) is 26.2 Å². The van der Waals surface area contributed by atoms with Gasteiger partial charge in [0.25, 0.3) is 0 Å². The molecule has 4 nitrogen and oxygen atoms in total. The average Bonchev–Trinajstić information content (AvgIpc) is 2.74. The second kappa shape index (κ2) is 21.2. The highest BCUT2D eigenvalue weighted by atomic mass is 16.2. The minimum Gasteiger partial charge on any atom is -0.343 e. The van der Waals surface area contributed by atoms with E-state index < -0.39 is 0 Å². The Labute approximate surface area is 188 Å². The van der Waals surface area contributed by atoms with E-state index in [1.807, 2.05) is 0 Å². The molecule has 0 rings (SSSR count). The molecule has 0 aromatic rings. The minimum atomic E-state index is 0.289. The summed E-state index contributed by atoms with van der Waals surface area (Å²) < 4.78 is 0. The number of carbonyl (C=O) groups is 2. The Hall–Kier alpha value is -1.06. The van der Waals surface area contributed by atoms with E-state index in [9.17, 15) is 9.59 Å². The molecule has 0 aromatic heterocycles. The molecule has 0 aliphatic carbocycles. The molecule has 178 valence electrons. The number of hydrogen-bond acceptors (Lipinski definition) is 2. The van der Waals surface area contributed by atoms with Gasteiger partial charge in [0.2, 0.25) is 11.8 Å². The highest BCUT2D eigenvalue weighted by Crippen LogP contribution is 2.11. The highest BCUT2D eigenvalue weighted by Gasteiger charge is 2.15. The predicted octanol–water partition coefficient (Wildman–Crippen LogP) is 6.96. The quantitative estimate of drug-likeness (QED) is 0.187. The van der Waals surface area contributed by atoms with Gasteiger partial charge in [0.15, 0.2) is 0 Å². The molecule has 0 N–H and O–H groups in total. The van der Waals surface area contributed by atoms with E-state index in [1.54, 1.807) is 0 Å². The van der Waals surface area contributed by atoms with Crippen molar-refractivity contribution < 1.29 is 9.59 Å². The molecule has 0 aromatic carbocycles. The first kappa shape index (κ1) is 28.9. The second-order valence-electron chi connectivity index (χ2n) is 8.80. The van der Waals surface area contributed by atoms with Gasteiger partial charge in [0.05, 0.1) is 0 Å². The Bertz CT molecular complexity index is 354. The molecule has 0 saturated carbocycles. The van der Waals surface area contributed by atoms with Crippen molar-refractivity contribution in [2.45, 2.75) is 130 Å². The summed E-state index contributed by atoms with van der Waals surface area (Å²) in [5.41, 5.74) is 0. The van der Waals surface area contributed by atoms with Crippen molar-refractivity contribution in [3.05, 3.63) is 0 Å². The molecular formula is C26H52N2O2. The van der Waals surface area contributed by atoms with Gasteiger partial charge in [-0.1, -0.05) is 79.1 Å². The van der Waals surface area contributed by atoms with Crippen molar-refractivity contribution in [3.8, 4) is 0 Å². The van der Waals surface area contributed by atoms with Gasteiger partial charge >= 0.3 is 0 Å². The van der Waals surface area contributed by atoms with Crippen LogP contribution >= 0.6 is 0 Å². The first-order valence-corrected chi connectivity index (χ1v) is 13.2. The maximum atomic E-state index is 12.7. The summed E-state index contributed by atoms with van der Waals surface area (Å²) in [5.74, 6) is 0.579. The van der Waals surface area contributed by atoms with Crippen LogP contribution in [0.3, 0.4) is 0 Å². The van der Waals surface area contributed by atoms with Crippen LogP contribution in [0.5, 0.6) is 0 Å². The molecule has 0 saturated heterocycles. The van der Waals surface area contributed by atoms with Gasteiger partial charge < -0.3 is 9.80 Å². The Morgan fingerprint density at radius 3 is 0.933 bits per heavy atom. The molecule has 0 radical (unpaired) electrons. The van der Waals surface area contributed by atoms with E-state index in [0.717, 1.165) is 64.7 Å². The lowest BCUT2D eigenvalue weighted by molar-refractivity contribution is -0.133. The molecule has 0 heterocycles. The molecule has 2 amide bonds. The first-order valence-electron chi connectivity index (χ1n) is 13.2. The molecule has 0 unspecified atom stereocenters. The van der Waals surface area contributed by atoms with Crippen LogP contribution in [0.4, 0.5) is 0 Å². The standard InChI is InChI=1S/C26H52N2O2/c1-5-9-15-21-27(22-16-10-6-2)25(29)19-13-14-20-26(30)28(23-17-11-7-3)24-18-12-8-4/h5-24H2,1-4H3. The summed E-state index contributed by atoms with van der Waals surface area (Å²) in [6.45, 7) is 12.4. The molecule has 0 fully saturated rings. The zero-order chi connectivity index (χ0) is 22.5. The lowest BCUT2D eigenvalue weighted by atomic mass is 10.1. The molecule has 30 heavy (non-hydrogen) atoms. The van der Waals surface area contributed by atoms with E-state index in [-0.39, 0.29) is 11.8 Å². The van der Waals surface area contributed by atoms with Crippen LogP contribution in [0.15, 0.2) is 0 Å². The summed E-state index contributed by atoms with van der Waals surface area (Å²) in [4.78, 5) is 29.5. The number of nitrogens with zero attached hydrogens (tertiary/aromatic N) is 2. The van der Waals surface area contributed by atoms with Crippen LogP contribution in [-0.4, -0.2) is 47.8 Å². The number of unbranched alkanes of at least 4 members (excludes halogenated alkanes) is 9. The first-order chi connectivity index (χ1) is 14.6.